The van der Waals surface area contributed by atoms with E-state index in [4.69, 9.17) is 4.74 Å². The molecule has 3 rings (SSSR count). The quantitative estimate of drug-likeness (QED) is 0.824. The largest absolute Gasteiger partial charge is 0.337 e. The number of nitrogens with one attached hydrogen (secondary N) is 1. The molecule has 2 nitrogen and oxygen atoms in total. The van der Waals surface area contributed by atoms with Crippen LogP contribution in [0.15, 0.2) is 60.7 Å². The number of hydrogen-bond donors (Lipinski definition) is 1. The smallest absolute Gasteiger partial charge is 0.138 e. The van der Waals surface area contributed by atoms with Crippen molar-refractivity contribution >= 4 is 0 Å². The van der Waals surface area contributed by atoms with E-state index >= 15 is 0 Å². The molecule has 2 aromatic carbocycles. The second-order valence-electron chi connectivity index (χ2n) is 3.88. The third-order valence-electron chi connectivity index (χ3n) is 2.78. The van der Waals surface area contributed by atoms with Crippen LogP contribution in [0.1, 0.15) is 23.6 Å². The molecule has 80 valence electrons. The Morgan fingerprint density at radius 3 is 1.44 bits per heavy atom. The van der Waals surface area contributed by atoms with Crippen LogP contribution in [0.4, 0.5) is 0 Å². The maximum atomic E-state index is 5.80. The SMILES string of the molecule is c1ccc(C2NC(c3ccccc3)O2)cc1. The first-order chi connectivity index (χ1) is 7.93. The molecule has 1 fully saturated rings. The van der Waals surface area contributed by atoms with Crippen molar-refractivity contribution in [1.82, 2.24) is 5.32 Å². The van der Waals surface area contributed by atoms with Crippen LogP contribution in [0.25, 0.3) is 0 Å². The third-order valence-corrected chi connectivity index (χ3v) is 2.78. The normalized spacial score (nSPS) is 23.8. The number of hydrogen-bond acceptors (Lipinski definition) is 2. The van der Waals surface area contributed by atoms with Gasteiger partial charge in [0.2, 0.25) is 0 Å². The molecule has 0 spiro atoms. The fourth-order valence-corrected chi connectivity index (χ4v) is 1.89. The van der Waals surface area contributed by atoms with Crippen molar-refractivity contribution in [3.63, 3.8) is 0 Å². The summed E-state index contributed by atoms with van der Waals surface area (Å²) in [6.45, 7) is 0. The minimum Gasteiger partial charge on any atom is -0.337 e. The highest BCUT2D eigenvalue weighted by molar-refractivity contribution is 5.23. The average Bonchev–Trinajstić information content (AvgIpc) is 2.30. The van der Waals surface area contributed by atoms with Gasteiger partial charge in [0.1, 0.15) is 12.5 Å². The topological polar surface area (TPSA) is 21.3 Å². The molecular weight excluding hydrogens is 198 g/mol. The summed E-state index contributed by atoms with van der Waals surface area (Å²) in [5, 5.41) is 3.39. The fraction of sp³-hybridized carbons (Fsp3) is 0.143. The highest BCUT2D eigenvalue weighted by Gasteiger charge is 2.30. The molecule has 2 unspecified atom stereocenters. The molecule has 2 heteroatoms. The highest BCUT2D eigenvalue weighted by atomic mass is 16.6. The lowest BCUT2D eigenvalue weighted by molar-refractivity contribution is -0.169. The summed E-state index contributed by atoms with van der Waals surface area (Å²) >= 11 is 0. The molecule has 1 N–H and O–H groups in total. The summed E-state index contributed by atoms with van der Waals surface area (Å²) in [6.07, 6.45) is 0.0674. The fourth-order valence-electron chi connectivity index (χ4n) is 1.89. The molecule has 16 heavy (non-hydrogen) atoms. The first-order valence-corrected chi connectivity index (χ1v) is 5.45. The minimum absolute atomic E-state index is 0.0337. The van der Waals surface area contributed by atoms with Crippen LogP contribution < -0.4 is 5.32 Å². The Hall–Kier alpha value is -1.64. The van der Waals surface area contributed by atoms with E-state index in [0.717, 1.165) is 0 Å². The Morgan fingerprint density at radius 2 is 1.06 bits per heavy atom. The van der Waals surface area contributed by atoms with Crippen molar-refractivity contribution in [2.24, 2.45) is 0 Å². The lowest BCUT2D eigenvalue weighted by Crippen LogP contribution is -2.41. The maximum Gasteiger partial charge on any atom is 0.138 e. The standard InChI is InChI=1S/C14H13NO/c1-3-7-11(8-4-1)13-15-14(16-13)12-9-5-2-6-10-12/h1-10,13-15H. The summed E-state index contributed by atoms with van der Waals surface area (Å²) in [5.74, 6) is 0. The Bertz CT molecular complexity index is 405. The lowest BCUT2D eigenvalue weighted by atomic mass is 10.1. The molecule has 0 amide bonds. The maximum absolute atomic E-state index is 5.80. The van der Waals surface area contributed by atoms with Crippen molar-refractivity contribution in [3.8, 4) is 0 Å². The van der Waals surface area contributed by atoms with E-state index in [0.29, 0.717) is 0 Å². The van der Waals surface area contributed by atoms with E-state index < -0.39 is 0 Å². The number of benzene rings is 2. The molecule has 1 heterocycles. The molecular formula is C14H13NO. The molecule has 0 bridgehead atoms. The molecule has 0 aromatic heterocycles. The number of ether oxygens (including phenoxy) is 1. The van der Waals surface area contributed by atoms with Crippen molar-refractivity contribution in [2.45, 2.75) is 12.5 Å². The highest BCUT2D eigenvalue weighted by Crippen LogP contribution is 2.33. The first-order valence-electron chi connectivity index (χ1n) is 5.45. The van der Waals surface area contributed by atoms with Crippen LogP contribution in [-0.4, -0.2) is 0 Å². The predicted molar refractivity (Wildman–Crippen MR) is 62.6 cm³/mol. The van der Waals surface area contributed by atoms with Gasteiger partial charge in [-0.3, -0.25) is 5.32 Å². The van der Waals surface area contributed by atoms with E-state index in [1.807, 2.05) is 36.4 Å². The molecule has 2 atom stereocenters. The molecule has 1 saturated heterocycles. The summed E-state index contributed by atoms with van der Waals surface area (Å²) < 4.78 is 5.80. The zero-order chi connectivity index (χ0) is 10.8. The number of rotatable bonds is 2. The van der Waals surface area contributed by atoms with Crippen LogP contribution in [0.3, 0.4) is 0 Å². The summed E-state index contributed by atoms with van der Waals surface area (Å²) in [6, 6.07) is 20.4. The van der Waals surface area contributed by atoms with Crippen molar-refractivity contribution in [3.05, 3.63) is 71.8 Å². The van der Waals surface area contributed by atoms with E-state index in [1.165, 1.54) is 11.1 Å². The van der Waals surface area contributed by atoms with Gasteiger partial charge in [0.25, 0.3) is 0 Å². The van der Waals surface area contributed by atoms with Crippen LogP contribution in [-0.2, 0) is 4.74 Å². The van der Waals surface area contributed by atoms with Crippen molar-refractivity contribution < 1.29 is 4.74 Å². The summed E-state index contributed by atoms with van der Waals surface area (Å²) in [4.78, 5) is 0. The monoisotopic (exact) mass is 211 g/mol. The second-order valence-corrected chi connectivity index (χ2v) is 3.88. The van der Waals surface area contributed by atoms with E-state index in [-0.39, 0.29) is 12.5 Å². The van der Waals surface area contributed by atoms with Gasteiger partial charge in [0, 0.05) is 0 Å². The van der Waals surface area contributed by atoms with Gasteiger partial charge in [-0.15, -0.1) is 0 Å². The zero-order valence-electron chi connectivity index (χ0n) is 8.84. The van der Waals surface area contributed by atoms with E-state index in [1.54, 1.807) is 0 Å². The van der Waals surface area contributed by atoms with Gasteiger partial charge in [-0.2, -0.15) is 0 Å². The predicted octanol–water partition coefficient (Wildman–Crippen LogP) is 3.00. The molecule has 0 radical (unpaired) electrons. The summed E-state index contributed by atoms with van der Waals surface area (Å²) in [7, 11) is 0. The second kappa shape index (κ2) is 4.08. The Kier molecular flexibility index (Phi) is 2.44. The molecule has 1 aliphatic heterocycles. The van der Waals surface area contributed by atoms with Crippen molar-refractivity contribution in [1.29, 1.82) is 0 Å². The van der Waals surface area contributed by atoms with Gasteiger partial charge in [0.05, 0.1) is 0 Å². The van der Waals surface area contributed by atoms with Crippen LogP contribution >= 0.6 is 0 Å². The molecule has 2 aromatic rings. The van der Waals surface area contributed by atoms with Crippen LogP contribution in [0.5, 0.6) is 0 Å². The molecule has 0 saturated carbocycles. The van der Waals surface area contributed by atoms with Crippen LogP contribution in [0.2, 0.25) is 0 Å². The third kappa shape index (κ3) is 1.73. The van der Waals surface area contributed by atoms with E-state index in [9.17, 15) is 0 Å². The molecule has 0 aliphatic carbocycles. The van der Waals surface area contributed by atoms with Gasteiger partial charge in [-0.1, -0.05) is 60.7 Å². The zero-order valence-corrected chi connectivity index (χ0v) is 8.84. The van der Waals surface area contributed by atoms with Gasteiger partial charge in [-0.05, 0) is 11.1 Å². The lowest BCUT2D eigenvalue weighted by Gasteiger charge is -2.38. The van der Waals surface area contributed by atoms with Gasteiger partial charge in [-0.25, -0.2) is 0 Å². The van der Waals surface area contributed by atoms with Crippen molar-refractivity contribution in [2.75, 3.05) is 0 Å². The molecule has 1 aliphatic rings. The average molecular weight is 211 g/mol. The van der Waals surface area contributed by atoms with Crippen LogP contribution in [0, 0.1) is 0 Å². The Labute approximate surface area is 94.9 Å². The van der Waals surface area contributed by atoms with Gasteiger partial charge >= 0.3 is 0 Å². The van der Waals surface area contributed by atoms with E-state index in [2.05, 4.69) is 29.6 Å². The Balaban J connectivity index is 1.68. The summed E-state index contributed by atoms with van der Waals surface area (Å²) in [5.41, 5.74) is 2.35. The van der Waals surface area contributed by atoms with Gasteiger partial charge < -0.3 is 4.74 Å². The minimum atomic E-state index is 0.0337. The Morgan fingerprint density at radius 1 is 0.688 bits per heavy atom. The first kappa shape index (κ1) is 9.58. The van der Waals surface area contributed by atoms with Gasteiger partial charge in [0.15, 0.2) is 0 Å².